The van der Waals surface area contributed by atoms with Gasteiger partial charge in [-0.15, -0.1) is 0 Å². The maximum absolute atomic E-state index is 8.78. The maximum Gasteiger partial charge on any atom is 0.0546 e. The molecular weight excluding hydrogens is 100 g/mol. The van der Waals surface area contributed by atoms with Gasteiger partial charge in [-0.2, -0.15) is 0 Å². The first-order chi connectivity index (χ1) is 3.42. The third-order valence-electron chi connectivity index (χ3n) is 0.848. The molecule has 0 spiro atoms. The summed E-state index contributed by atoms with van der Waals surface area (Å²) in [6.07, 6.45) is 0.363. The van der Waals surface area contributed by atoms with Crippen LogP contribution in [-0.2, 0) is 0 Å². The molecule has 0 aromatic heterocycles. The first-order valence-electron chi connectivity index (χ1n) is 2.93. The van der Waals surface area contributed by atoms with Gasteiger partial charge in [0.25, 0.3) is 0 Å². The summed E-state index contributed by atoms with van der Waals surface area (Å²) in [6, 6.07) is 0. The molecule has 0 aromatic rings. The topological polar surface area (TPSA) is 20.2 Å². The molecule has 0 aliphatic heterocycles. The number of hydrogen-bond donors (Lipinski definition) is 1. The van der Waals surface area contributed by atoms with Crippen molar-refractivity contribution < 1.29 is 5.11 Å². The van der Waals surface area contributed by atoms with E-state index in [9.17, 15) is 0 Å². The second-order valence-corrected chi connectivity index (χ2v) is 3.42. The first kappa shape index (κ1) is 7.96. The summed E-state index contributed by atoms with van der Waals surface area (Å²) in [5.74, 6) is 0. The molecule has 0 bridgehead atoms. The van der Waals surface area contributed by atoms with E-state index in [4.69, 9.17) is 5.11 Å². The van der Waals surface area contributed by atoms with E-state index in [2.05, 4.69) is 27.7 Å². The van der Waals surface area contributed by atoms with Crippen LogP contribution in [0, 0.1) is 12.3 Å². The molecule has 8 heavy (non-hydrogen) atoms. The van der Waals surface area contributed by atoms with Crippen LogP contribution < -0.4 is 0 Å². The van der Waals surface area contributed by atoms with Crippen LogP contribution in [0.15, 0.2) is 0 Å². The third-order valence-corrected chi connectivity index (χ3v) is 0.848. The van der Waals surface area contributed by atoms with Crippen molar-refractivity contribution >= 4 is 0 Å². The Hall–Kier alpha value is -0.0400. The van der Waals surface area contributed by atoms with Crippen molar-refractivity contribution in [3.05, 3.63) is 6.92 Å². The number of aliphatic hydroxyl groups excluding tert-OH is 1. The zero-order chi connectivity index (χ0) is 6.78. The van der Waals surface area contributed by atoms with Gasteiger partial charge in [0.15, 0.2) is 0 Å². The fourth-order valence-electron chi connectivity index (χ4n) is 0.707. The summed E-state index contributed by atoms with van der Waals surface area (Å²) in [5.41, 5.74) is 0.209. The van der Waals surface area contributed by atoms with E-state index in [-0.39, 0.29) is 5.41 Å². The highest BCUT2D eigenvalue weighted by Gasteiger charge is 2.12. The van der Waals surface area contributed by atoms with E-state index >= 15 is 0 Å². The van der Waals surface area contributed by atoms with Crippen LogP contribution in [0.1, 0.15) is 27.2 Å². The Morgan fingerprint density at radius 3 is 1.88 bits per heavy atom. The average molecular weight is 115 g/mol. The van der Waals surface area contributed by atoms with Crippen molar-refractivity contribution in [1.29, 1.82) is 0 Å². The number of rotatable bonds is 1. The molecule has 1 N–H and O–H groups in total. The highest BCUT2D eigenvalue weighted by molar-refractivity contribution is 4.68. The molecule has 0 saturated carbocycles. The van der Waals surface area contributed by atoms with Crippen molar-refractivity contribution in [2.24, 2.45) is 5.41 Å². The van der Waals surface area contributed by atoms with Crippen LogP contribution in [0.3, 0.4) is 0 Å². The van der Waals surface area contributed by atoms with Crippen molar-refractivity contribution in [3.8, 4) is 0 Å². The van der Waals surface area contributed by atoms with E-state index in [1.807, 2.05) is 0 Å². The van der Waals surface area contributed by atoms with Crippen molar-refractivity contribution in [2.45, 2.75) is 33.3 Å². The molecular formula is C7H15O. The summed E-state index contributed by atoms with van der Waals surface area (Å²) in [4.78, 5) is 0. The highest BCUT2D eigenvalue weighted by Crippen LogP contribution is 2.19. The smallest absolute Gasteiger partial charge is 0.0546 e. The minimum absolute atomic E-state index is 0.209. The van der Waals surface area contributed by atoms with Gasteiger partial charge in [0.05, 0.1) is 6.10 Å². The molecule has 0 heterocycles. The molecule has 1 nitrogen and oxygen atoms in total. The molecule has 0 rings (SSSR count). The SMILES string of the molecule is [CH2]C(O)CC(C)(C)C. The second kappa shape index (κ2) is 2.49. The maximum atomic E-state index is 8.78. The monoisotopic (exact) mass is 115 g/mol. The van der Waals surface area contributed by atoms with Crippen LogP contribution in [0.5, 0.6) is 0 Å². The fraction of sp³-hybridized carbons (Fsp3) is 0.857. The van der Waals surface area contributed by atoms with Gasteiger partial charge in [-0.1, -0.05) is 20.8 Å². The molecule has 0 saturated heterocycles. The van der Waals surface area contributed by atoms with E-state index in [0.29, 0.717) is 0 Å². The lowest BCUT2D eigenvalue weighted by Gasteiger charge is -2.19. The lowest BCUT2D eigenvalue weighted by Crippen LogP contribution is -2.14. The van der Waals surface area contributed by atoms with Gasteiger partial charge in [-0.25, -0.2) is 0 Å². The summed E-state index contributed by atoms with van der Waals surface area (Å²) < 4.78 is 0. The Morgan fingerprint density at radius 1 is 1.50 bits per heavy atom. The Kier molecular flexibility index (Phi) is 2.48. The van der Waals surface area contributed by atoms with Gasteiger partial charge < -0.3 is 5.11 Å². The average Bonchev–Trinajstić information content (AvgIpc) is 1.21. The minimum atomic E-state index is -0.407. The molecule has 49 valence electrons. The molecule has 1 unspecified atom stereocenters. The van der Waals surface area contributed by atoms with Crippen LogP contribution in [0.25, 0.3) is 0 Å². The standard InChI is InChI=1S/C7H15O/c1-6(8)5-7(2,3)4/h6,8H,1,5H2,2-4H3. The molecule has 1 atom stereocenters. The second-order valence-electron chi connectivity index (χ2n) is 3.42. The molecule has 0 aliphatic carbocycles. The lowest BCUT2D eigenvalue weighted by molar-refractivity contribution is 0.159. The van der Waals surface area contributed by atoms with Gasteiger partial charge >= 0.3 is 0 Å². The highest BCUT2D eigenvalue weighted by atomic mass is 16.3. The normalized spacial score (nSPS) is 16.1. The summed E-state index contributed by atoms with van der Waals surface area (Å²) in [7, 11) is 0. The predicted octanol–water partition coefficient (Wildman–Crippen LogP) is 1.62. The number of aliphatic hydroxyl groups is 1. The van der Waals surface area contributed by atoms with Gasteiger partial charge in [0.1, 0.15) is 0 Å². The molecule has 1 heteroatoms. The van der Waals surface area contributed by atoms with E-state index in [0.717, 1.165) is 6.42 Å². The summed E-state index contributed by atoms with van der Waals surface area (Å²) in [5, 5.41) is 8.78. The molecule has 0 fully saturated rings. The zero-order valence-electron chi connectivity index (χ0n) is 5.94. The first-order valence-corrected chi connectivity index (χ1v) is 2.93. The molecule has 1 radical (unpaired) electrons. The molecule has 0 aliphatic rings. The van der Waals surface area contributed by atoms with E-state index in [1.54, 1.807) is 0 Å². The molecule has 0 aromatic carbocycles. The summed E-state index contributed by atoms with van der Waals surface area (Å²) >= 11 is 0. The van der Waals surface area contributed by atoms with Gasteiger partial charge in [0, 0.05) is 0 Å². The van der Waals surface area contributed by atoms with Crippen molar-refractivity contribution in [2.75, 3.05) is 0 Å². The van der Waals surface area contributed by atoms with Gasteiger partial charge in [-0.3, -0.25) is 0 Å². The Labute approximate surface area is 51.7 Å². The lowest BCUT2D eigenvalue weighted by atomic mass is 9.90. The van der Waals surface area contributed by atoms with Crippen LogP contribution in [0.4, 0.5) is 0 Å². The predicted molar refractivity (Wildman–Crippen MR) is 35.4 cm³/mol. The Balaban J connectivity index is 3.39. The Morgan fingerprint density at radius 2 is 1.88 bits per heavy atom. The fourth-order valence-corrected chi connectivity index (χ4v) is 0.707. The number of hydrogen-bond acceptors (Lipinski definition) is 1. The van der Waals surface area contributed by atoms with Crippen molar-refractivity contribution in [1.82, 2.24) is 0 Å². The van der Waals surface area contributed by atoms with Crippen LogP contribution in [0.2, 0.25) is 0 Å². The minimum Gasteiger partial charge on any atom is -0.393 e. The Bertz CT molecular complexity index is 59.3. The zero-order valence-corrected chi connectivity index (χ0v) is 5.94. The van der Waals surface area contributed by atoms with Gasteiger partial charge in [0.2, 0.25) is 0 Å². The van der Waals surface area contributed by atoms with Crippen LogP contribution in [-0.4, -0.2) is 11.2 Å². The van der Waals surface area contributed by atoms with Crippen LogP contribution >= 0.6 is 0 Å². The van der Waals surface area contributed by atoms with Crippen molar-refractivity contribution in [3.63, 3.8) is 0 Å². The van der Waals surface area contributed by atoms with E-state index < -0.39 is 6.10 Å². The van der Waals surface area contributed by atoms with Gasteiger partial charge in [-0.05, 0) is 18.8 Å². The van der Waals surface area contributed by atoms with E-state index in [1.165, 1.54) is 0 Å². The quantitative estimate of drug-likeness (QED) is 0.550. The third kappa shape index (κ3) is 5.96. The molecule has 0 amide bonds. The summed E-state index contributed by atoms with van der Waals surface area (Å²) in [6.45, 7) is 9.73. The largest absolute Gasteiger partial charge is 0.393 e.